The fourth-order valence-electron chi connectivity index (χ4n) is 7.08. The van der Waals surface area contributed by atoms with Crippen molar-refractivity contribution in [3.05, 3.63) is 144 Å². The maximum absolute atomic E-state index is 10.2. The van der Waals surface area contributed by atoms with Crippen LogP contribution in [0.15, 0.2) is 121 Å². The lowest BCUT2D eigenvalue weighted by Crippen LogP contribution is -2.41. The normalized spacial score (nSPS) is 24.7. The van der Waals surface area contributed by atoms with E-state index >= 15 is 0 Å². The van der Waals surface area contributed by atoms with Crippen molar-refractivity contribution >= 4 is 0 Å². The average molecular weight is 619 g/mol. The van der Waals surface area contributed by atoms with Crippen LogP contribution in [0.1, 0.15) is 87.5 Å². The summed E-state index contributed by atoms with van der Waals surface area (Å²) < 4.78 is 0. The number of nitrogens with zero attached hydrogens (tertiary/aromatic N) is 2. The minimum absolute atomic E-state index is 0.471. The highest BCUT2D eigenvalue weighted by Crippen LogP contribution is 2.33. The highest BCUT2D eigenvalue weighted by molar-refractivity contribution is 5.19. The Kier molecular flexibility index (Phi) is 12.2. The number of aliphatic hydroxyl groups is 2. The molecule has 244 valence electrons. The molecule has 0 spiro atoms. The first kappa shape index (κ1) is 34.1. The fraction of sp³-hybridized carbons (Fsp3) is 0.429. The molecule has 4 nitrogen and oxygen atoms in total. The minimum atomic E-state index is -0.471. The van der Waals surface area contributed by atoms with Crippen LogP contribution in [0.2, 0.25) is 0 Å². The van der Waals surface area contributed by atoms with Gasteiger partial charge in [0.05, 0.1) is 11.2 Å². The van der Waals surface area contributed by atoms with Crippen molar-refractivity contribution in [2.45, 2.75) is 115 Å². The van der Waals surface area contributed by atoms with Gasteiger partial charge in [0.1, 0.15) is 0 Å². The Morgan fingerprint density at radius 3 is 0.870 bits per heavy atom. The quantitative estimate of drug-likeness (QED) is 0.187. The van der Waals surface area contributed by atoms with Gasteiger partial charge in [-0.2, -0.15) is 0 Å². The molecule has 0 heterocycles. The third-order valence-corrected chi connectivity index (χ3v) is 10.0. The molecule has 0 aliphatic heterocycles. The molecule has 2 N–H and O–H groups in total. The average Bonchev–Trinajstić information content (AvgIpc) is 3.06. The Balaban J connectivity index is 0.000000181. The van der Waals surface area contributed by atoms with Gasteiger partial charge in [-0.25, -0.2) is 0 Å². The van der Waals surface area contributed by atoms with Crippen molar-refractivity contribution in [2.24, 2.45) is 0 Å². The Hall–Kier alpha value is -3.28. The van der Waals surface area contributed by atoms with Crippen LogP contribution in [0, 0.1) is 0 Å². The van der Waals surface area contributed by atoms with E-state index in [0.717, 1.165) is 77.5 Å². The Bertz CT molecular complexity index is 1200. The summed E-state index contributed by atoms with van der Waals surface area (Å²) in [5.41, 5.74) is 4.51. The van der Waals surface area contributed by atoms with Crippen molar-refractivity contribution in [3.63, 3.8) is 0 Å². The minimum Gasteiger partial charge on any atom is -0.390 e. The Morgan fingerprint density at radius 2 is 0.652 bits per heavy atom. The summed E-state index contributed by atoms with van der Waals surface area (Å²) in [4.78, 5) is 5.17. The van der Waals surface area contributed by atoms with Crippen molar-refractivity contribution in [3.8, 4) is 0 Å². The van der Waals surface area contributed by atoms with Crippen LogP contribution in [0.3, 0.4) is 0 Å². The molecule has 4 aromatic rings. The number of rotatable bonds is 10. The van der Waals surface area contributed by atoms with Crippen LogP contribution in [0.5, 0.6) is 0 Å². The molecule has 0 amide bonds. The van der Waals surface area contributed by atoms with Crippen molar-refractivity contribution in [1.29, 1.82) is 0 Å². The topological polar surface area (TPSA) is 46.9 Å². The van der Waals surface area contributed by atoms with Gasteiger partial charge in [-0.1, -0.05) is 121 Å². The van der Waals surface area contributed by atoms with Crippen LogP contribution in [-0.4, -0.2) is 43.3 Å². The standard InChI is InChI=1S/2C21H27NO/c2*1-21(23)14-12-20(13-15-21)22(16-18-8-4-2-5-9-18)17-19-10-6-3-7-11-19/h2*2-11,20,23H,12-17H2,1H3. The number of benzene rings is 4. The summed E-state index contributed by atoms with van der Waals surface area (Å²) >= 11 is 0. The smallest absolute Gasteiger partial charge is 0.0621 e. The third-order valence-electron chi connectivity index (χ3n) is 10.0. The third kappa shape index (κ3) is 10.9. The monoisotopic (exact) mass is 618 g/mol. The lowest BCUT2D eigenvalue weighted by molar-refractivity contribution is -0.00871. The highest BCUT2D eigenvalue weighted by atomic mass is 16.3. The van der Waals surface area contributed by atoms with Gasteiger partial charge < -0.3 is 10.2 Å². The molecule has 4 heteroatoms. The largest absolute Gasteiger partial charge is 0.390 e. The summed E-state index contributed by atoms with van der Waals surface area (Å²) in [5.74, 6) is 0. The summed E-state index contributed by atoms with van der Waals surface area (Å²) in [7, 11) is 0. The second-order valence-electron chi connectivity index (χ2n) is 14.2. The van der Waals surface area contributed by atoms with E-state index in [1.54, 1.807) is 0 Å². The van der Waals surface area contributed by atoms with E-state index in [-0.39, 0.29) is 0 Å². The molecule has 6 rings (SSSR count). The number of hydrogen-bond donors (Lipinski definition) is 2. The summed E-state index contributed by atoms with van der Waals surface area (Å²) in [6.07, 6.45) is 7.91. The van der Waals surface area contributed by atoms with Crippen molar-refractivity contribution < 1.29 is 10.2 Å². The summed E-state index contributed by atoms with van der Waals surface area (Å²) in [5, 5.41) is 20.5. The second-order valence-corrected chi connectivity index (χ2v) is 14.2. The lowest BCUT2D eigenvalue weighted by Gasteiger charge is -2.39. The SMILES string of the molecule is CC1(O)CCC(N(Cc2ccccc2)Cc2ccccc2)CC1.CC1(O)CCC(N(Cc2ccccc2)Cc2ccccc2)CC1. The van der Waals surface area contributed by atoms with E-state index in [1.165, 1.54) is 22.3 Å². The first-order chi connectivity index (χ1) is 22.2. The van der Waals surface area contributed by atoms with E-state index in [0.29, 0.717) is 12.1 Å². The molecule has 2 aliphatic rings. The molecule has 2 fully saturated rings. The van der Waals surface area contributed by atoms with Crippen molar-refractivity contribution in [1.82, 2.24) is 9.80 Å². The zero-order chi connectivity index (χ0) is 32.2. The first-order valence-electron chi connectivity index (χ1n) is 17.3. The molecule has 0 bridgehead atoms. The van der Waals surface area contributed by atoms with E-state index < -0.39 is 11.2 Å². The molecule has 0 unspecified atom stereocenters. The van der Waals surface area contributed by atoms with E-state index in [4.69, 9.17) is 0 Å². The van der Waals surface area contributed by atoms with Gasteiger partial charge in [-0.15, -0.1) is 0 Å². The maximum Gasteiger partial charge on any atom is 0.0621 e. The molecular formula is C42H54N2O2. The summed E-state index contributed by atoms with van der Waals surface area (Å²) in [6, 6.07) is 43.9. The van der Waals surface area contributed by atoms with Crippen LogP contribution in [0.25, 0.3) is 0 Å². The molecule has 2 saturated carbocycles. The molecule has 0 saturated heterocycles. The molecule has 0 radical (unpaired) electrons. The maximum atomic E-state index is 10.2. The molecule has 0 atom stereocenters. The molecule has 0 aromatic heterocycles. The number of hydrogen-bond acceptors (Lipinski definition) is 4. The van der Waals surface area contributed by atoms with Gasteiger partial charge in [-0.05, 0) is 87.5 Å². The van der Waals surface area contributed by atoms with Crippen molar-refractivity contribution in [2.75, 3.05) is 0 Å². The zero-order valence-electron chi connectivity index (χ0n) is 28.0. The molecule has 46 heavy (non-hydrogen) atoms. The van der Waals surface area contributed by atoms with Gasteiger partial charge in [0, 0.05) is 38.3 Å². The Labute approximate surface area is 277 Å². The molecular weight excluding hydrogens is 564 g/mol. The van der Waals surface area contributed by atoms with E-state index in [9.17, 15) is 10.2 Å². The van der Waals surface area contributed by atoms with Crippen LogP contribution in [0.4, 0.5) is 0 Å². The van der Waals surface area contributed by atoms with E-state index in [2.05, 4.69) is 131 Å². The van der Waals surface area contributed by atoms with Gasteiger partial charge >= 0.3 is 0 Å². The van der Waals surface area contributed by atoms with Crippen LogP contribution >= 0.6 is 0 Å². The fourth-order valence-corrected chi connectivity index (χ4v) is 7.08. The van der Waals surface area contributed by atoms with Crippen LogP contribution < -0.4 is 0 Å². The van der Waals surface area contributed by atoms with E-state index in [1.807, 2.05) is 13.8 Å². The second kappa shape index (κ2) is 16.5. The first-order valence-corrected chi connectivity index (χ1v) is 17.3. The molecule has 2 aliphatic carbocycles. The zero-order valence-corrected chi connectivity index (χ0v) is 28.0. The lowest BCUT2D eigenvalue weighted by atomic mass is 9.83. The highest BCUT2D eigenvalue weighted by Gasteiger charge is 2.32. The summed E-state index contributed by atoms with van der Waals surface area (Å²) in [6.45, 7) is 7.85. The van der Waals surface area contributed by atoms with Crippen LogP contribution in [-0.2, 0) is 26.2 Å². The van der Waals surface area contributed by atoms with Gasteiger partial charge in [0.25, 0.3) is 0 Å². The predicted molar refractivity (Wildman–Crippen MR) is 190 cm³/mol. The van der Waals surface area contributed by atoms with Gasteiger partial charge in [0.2, 0.25) is 0 Å². The Morgan fingerprint density at radius 1 is 0.435 bits per heavy atom. The van der Waals surface area contributed by atoms with Gasteiger partial charge in [0.15, 0.2) is 0 Å². The van der Waals surface area contributed by atoms with Gasteiger partial charge in [-0.3, -0.25) is 9.80 Å². The predicted octanol–water partition coefficient (Wildman–Crippen LogP) is 8.76. The molecule has 4 aromatic carbocycles.